The molecule has 0 spiro atoms. The lowest BCUT2D eigenvalue weighted by Crippen LogP contribution is -2.34. The summed E-state index contributed by atoms with van der Waals surface area (Å²) >= 11 is 0. The number of nitrogens with zero attached hydrogens (tertiary/aromatic N) is 2. The number of piperidine rings is 1. The maximum Gasteiger partial charge on any atom is 0.293 e. The molecule has 7 nitrogen and oxygen atoms in total. The van der Waals surface area contributed by atoms with E-state index in [0.29, 0.717) is 18.2 Å². The first-order valence-electron chi connectivity index (χ1n) is 9.55. The highest BCUT2D eigenvalue weighted by Crippen LogP contribution is 2.27. The Morgan fingerprint density at radius 3 is 2.71 bits per heavy atom. The van der Waals surface area contributed by atoms with E-state index in [-0.39, 0.29) is 11.3 Å². The van der Waals surface area contributed by atoms with Gasteiger partial charge in [0.15, 0.2) is 0 Å². The average Bonchev–Trinajstić information content (AvgIpc) is 2.67. The number of nitrogens with two attached hydrogens (primary N) is 1. The minimum atomic E-state index is -0.684. The molecule has 0 radical (unpaired) electrons. The Morgan fingerprint density at radius 1 is 1.29 bits per heavy atom. The van der Waals surface area contributed by atoms with Crippen LogP contribution in [0.25, 0.3) is 0 Å². The minimum absolute atomic E-state index is 0.122. The molecule has 1 unspecified atom stereocenters. The monoisotopic (exact) mass is 382 g/mol. The number of anilines is 1. The van der Waals surface area contributed by atoms with E-state index < -0.39 is 10.8 Å². The number of carbonyl (C=O) groups excluding carboxylic acids is 1. The smallest absolute Gasteiger partial charge is 0.293 e. The second kappa shape index (κ2) is 8.84. The summed E-state index contributed by atoms with van der Waals surface area (Å²) in [6, 6.07) is 12.4. The molecule has 1 heterocycles. The van der Waals surface area contributed by atoms with Gasteiger partial charge in [0, 0.05) is 31.3 Å². The second-order valence-corrected chi connectivity index (χ2v) is 7.46. The van der Waals surface area contributed by atoms with Crippen LogP contribution in [0.15, 0.2) is 42.5 Å². The third-order valence-electron chi connectivity index (χ3n) is 5.20. The van der Waals surface area contributed by atoms with Crippen LogP contribution in [0.2, 0.25) is 0 Å². The quantitative estimate of drug-likeness (QED) is 0.563. The van der Waals surface area contributed by atoms with E-state index in [2.05, 4.69) is 23.2 Å². The standard InChI is InChI=1S/C21H26N4O3/c1-15-5-4-10-24(13-15)14-18-7-3-2-6-17(18)12-23-19-9-8-16(21(22)26)11-20(19)25(27)28/h2-3,6-9,11,15,23H,4-5,10,12-14H2,1H3,(H2,22,26). The largest absolute Gasteiger partial charge is 0.375 e. The zero-order valence-corrected chi connectivity index (χ0v) is 16.1. The molecule has 1 saturated heterocycles. The maximum atomic E-state index is 11.4. The Hall–Kier alpha value is -2.93. The first kappa shape index (κ1) is 19.8. The number of likely N-dealkylation sites (tertiary alicyclic amines) is 1. The molecule has 3 N–H and O–H groups in total. The Balaban J connectivity index is 1.74. The third kappa shape index (κ3) is 4.86. The number of nitro benzene ring substituents is 1. The lowest BCUT2D eigenvalue weighted by Gasteiger charge is -2.31. The van der Waals surface area contributed by atoms with Crippen molar-refractivity contribution in [3.8, 4) is 0 Å². The number of rotatable bonds is 7. The molecule has 1 atom stereocenters. The van der Waals surface area contributed by atoms with Crippen molar-refractivity contribution >= 4 is 17.3 Å². The normalized spacial score (nSPS) is 17.2. The van der Waals surface area contributed by atoms with Crippen molar-refractivity contribution in [3.05, 3.63) is 69.3 Å². The molecule has 3 rings (SSSR count). The molecule has 7 heteroatoms. The topological polar surface area (TPSA) is 102 Å². The van der Waals surface area contributed by atoms with E-state index in [9.17, 15) is 14.9 Å². The molecule has 0 aromatic heterocycles. The van der Waals surface area contributed by atoms with E-state index in [1.54, 1.807) is 0 Å². The van der Waals surface area contributed by atoms with E-state index in [4.69, 9.17) is 5.73 Å². The van der Waals surface area contributed by atoms with Crippen molar-refractivity contribution in [3.63, 3.8) is 0 Å². The molecule has 1 aliphatic rings. The van der Waals surface area contributed by atoms with E-state index in [1.807, 2.05) is 18.2 Å². The molecule has 0 saturated carbocycles. The van der Waals surface area contributed by atoms with Crippen molar-refractivity contribution in [2.75, 3.05) is 18.4 Å². The fraction of sp³-hybridized carbons (Fsp3) is 0.381. The van der Waals surface area contributed by atoms with E-state index >= 15 is 0 Å². The molecular weight excluding hydrogens is 356 g/mol. The van der Waals surface area contributed by atoms with Crippen molar-refractivity contribution in [2.45, 2.75) is 32.9 Å². The number of benzene rings is 2. The van der Waals surface area contributed by atoms with Crippen LogP contribution in [0.5, 0.6) is 0 Å². The summed E-state index contributed by atoms with van der Waals surface area (Å²) in [4.78, 5) is 24.6. The summed E-state index contributed by atoms with van der Waals surface area (Å²) in [6.07, 6.45) is 2.50. The molecule has 2 aromatic carbocycles. The van der Waals surface area contributed by atoms with Gasteiger partial charge in [0.05, 0.1) is 4.92 Å². The van der Waals surface area contributed by atoms with E-state index in [0.717, 1.165) is 25.2 Å². The van der Waals surface area contributed by atoms with Gasteiger partial charge in [-0.25, -0.2) is 0 Å². The number of hydrogen-bond acceptors (Lipinski definition) is 5. The maximum absolute atomic E-state index is 11.4. The Morgan fingerprint density at radius 2 is 2.04 bits per heavy atom. The van der Waals surface area contributed by atoms with Crippen molar-refractivity contribution < 1.29 is 9.72 Å². The van der Waals surface area contributed by atoms with Gasteiger partial charge >= 0.3 is 0 Å². The van der Waals surface area contributed by atoms with Gasteiger partial charge in [0.1, 0.15) is 5.69 Å². The van der Waals surface area contributed by atoms with Crippen LogP contribution in [0.1, 0.15) is 41.3 Å². The van der Waals surface area contributed by atoms with Crippen LogP contribution in [0, 0.1) is 16.0 Å². The molecule has 1 fully saturated rings. The summed E-state index contributed by atoms with van der Waals surface area (Å²) in [5.41, 5.74) is 7.90. The van der Waals surface area contributed by atoms with Gasteiger partial charge in [-0.05, 0) is 48.6 Å². The number of hydrogen-bond donors (Lipinski definition) is 2. The van der Waals surface area contributed by atoms with Gasteiger partial charge in [0.2, 0.25) is 5.91 Å². The summed E-state index contributed by atoms with van der Waals surface area (Å²) in [5, 5.41) is 14.5. The van der Waals surface area contributed by atoms with Gasteiger partial charge < -0.3 is 11.1 Å². The number of carbonyl (C=O) groups is 1. The second-order valence-electron chi connectivity index (χ2n) is 7.46. The van der Waals surface area contributed by atoms with Gasteiger partial charge in [-0.1, -0.05) is 31.2 Å². The van der Waals surface area contributed by atoms with Crippen LogP contribution in [-0.4, -0.2) is 28.8 Å². The first-order chi connectivity index (χ1) is 13.4. The molecule has 0 bridgehead atoms. The molecule has 1 amide bonds. The molecule has 2 aromatic rings. The molecule has 28 heavy (non-hydrogen) atoms. The predicted molar refractivity (Wildman–Crippen MR) is 109 cm³/mol. The van der Waals surface area contributed by atoms with Crippen molar-refractivity contribution in [1.82, 2.24) is 4.90 Å². The number of nitrogens with one attached hydrogen (secondary N) is 1. The predicted octanol–water partition coefficient (Wildman–Crippen LogP) is 3.54. The zero-order valence-electron chi connectivity index (χ0n) is 16.1. The highest BCUT2D eigenvalue weighted by atomic mass is 16.6. The fourth-order valence-electron chi connectivity index (χ4n) is 3.73. The highest BCUT2D eigenvalue weighted by Gasteiger charge is 2.19. The highest BCUT2D eigenvalue weighted by molar-refractivity contribution is 5.94. The molecule has 0 aliphatic carbocycles. The first-order valence-corrected chi connectivity index (χ1v) is 9.55. The van der Waals surface area contributed by atoms with Gasteiger partial charge in [-0.15, -0.1) is 0 Å². The average molecular weight is 382 g/mol. The zero-order chi connectivity index (χ0) is 20.1. The Bertz CT molecular complexity index is 868. The lowest BCUT2D eigenvalue weighted by molar-refractivity contribution is -0.384. The number of primary amides is 1. The summed E-state index contributed by atoms with van der Waals surface area (Å²) in [7, 11) is 0. The van der Waals surface area contributed by atoms with Crippen LogP contribution in [0.3, 0.4) is 0 Å². The van der Waals surface area contributed by atoms with Crippen LogP contribution in [0.4, 0.5) is 11.4 Å². The minimum Gasteiger partial charge on any atom is -0.375 e. The molecular formula is C21H26N4O3. The Labute approximate surface area is 164 Å². The van der Waals surface area contributed by atoms with Gasteiger partial charge in [0.25, 0.3) is 5.69 Å². The van der Waals surface area contributed by atoms with Gasteiger partial charge in [-0.3, -0.25) is 19.8 Å². The van der Waals surface area contributed by atoms with Crippen LogP contribution < -0.4 is 11.1 Å². The van der Waals surface area contributed by atoms with Crippen LogP contribution in [-0.2, 0) is 13.1 Å². The van der Waals surface area contributed by atoms with Crippen molar-refractivity contribution in [1.29, 1.82) is 0 Å². The van der Waals surface area contributed by atoms with Crippen molar-refractivity contribution in [2.24, 2.45) is 11.7 Å². The van der Waals surface area contributed by atoms with Gasteiger partial charge in [-0.2, -0.15) is 0 Å². The third-order valence-corrected chi connectivity index (χ3v) is 5.20. The van der Waals surface area contributed by atoms with Crippen LogP contribution >= 0.6 is 0 Å². The lowest BCUT2D eigenvalue weighted by atomic mass is 9.99. The summed E-state index contributed by atoms with van der Waals surface area (Å²) in [5.74, 6) is 0.0289. The number of amides is 1. The SMILES string of the molecule is CC1CCCN(Cc2ccccc2CNc2ccc(C(N)=O)cc2[N+](=O)[O-])C1. The molecule has 148 valence electrons. The van der Waals surface area contributed by atoms with E-state index in [1.165, 1.54) is 36.6 Å². The Kier molecular flexibility index (Phi) is 6.26. The fourth-order valence-corrected chi connectivity index (χ4v) is 3.73. The summed E-state index contributed by atoms with van der Waals surface area (Å²) in [6.45, 7) is 5.84. The summed E-state index contributed by atoms with van der Waals surface area (Å²) < 4.78 is 0. The molecule has 1 aliphatic heterocycles. The number of nitro groups is 1.